The molecule has 0 fully saturated rings. The van der Waals surface area contributed by atoms with E-state index in [2.05, 4.69) is 18.0 Å². The Morgan fingerprint density at radius 2 is 2.09 bits per heavy atom. The maximum atomic E-state index is 4.03. The Hall–Kier alpha value is -1.37. The predicted molar refractivity (Wildman–Crippen MR) is 46.2 cm³/mol. The van der Waals surface area contributed by atoms with Crippen molar-refractivity contribution in [3.05, 3.63) is 49.1 Å². The van der Waals surface area contributed by atoms with E-state index in [0.717, 1.165) is 10.9 Å². The summed E-state index contributed by atoms with van der Waals surface area (Å²) >= 11 is 0. The quantitative estimate of drug-likeness (QED) is 0.550. The van der Waals surface area contributed by atoms with E-state index in [1.807, 2.05) is 24.4 Å². The number of pyridine rings is 1. The zero-order valence-corrected chi connectivity index (χ0v) is 6.12. The van der Waals surface area contributed by atoms with Crippen molar-refractivity contribution in [2.45, 2.75) is 0 Å². The molecule has 53 valence electrons. The van der Waals surface area contributed by atoms with Gasteiger partial charge in [-0.1, -0.05) is 18.2 Å². The van der Waals surface area contributed by atoms with Crippen molar-refractivity contribution >= 4 is 10.8 Å². The second kappa shape index (κ2) is 2.35. The summed E-state index contributed by atoms with van der Waals surface area (Å²) in [7, 11) is 0. The second-order valence-electron chi connectivity index (χ2n) is 2.51. The Bertz CT molecular complexity index is 374. The molecule has 0 saturated carbocycles. The third kappa shape index (κ3) is 0.984. The van der Waals surface area contributed by atoms with Crippen LogP contribution in [0.1, 0.15) is 5.56 Å². The van der Waals surface area contributed by atoms with Crippen LogP contribution < -0.4 is 0 Å². The first-order valence-corrected chi connectivity index (χ1v) is 3.52. The van der Waals surface area contributed by atoms with E-state index < -0.39 is 0 Å². The van der Waals surface area contributed by atoms with Crippen molar-refractivity contribution in [1.29, 1.82) is 0 Å². The molecule has 0 atom stereocenters. The van der Waals surface area contributed by atoms with Crippen LogP contribution in [0.3, 0.4) is 0 Å². The van der Waals surface area contributed by atoms with Gasteiger partial charge in [-0.3, -0.25) is 4.98 Å². The lowest BCUT2D eigenvalue weighted by Crippen LogP contribution is -1.78. The fourth-order valence-electron chi connectivity index (χ4n) is 1.18. The average molecular weight is 142 g/mol. The van der Waals surface area contributed by atoms with Crippen molar-refractivity contribution in [2.24, 2.45) is 0 Å². The molecule has 0 aliphatic heterocycles. The van der Waals surface area contributed by atoms with Crippen LogP contribution >= 0.6 is 0 Å². The molecule has 0 saturated heterocycles. The largest absolute Gasteiger partial charge is 0.264 e. The molecule has 0 N–H and O–H groups in total. The smallest absolute Gasteiger partial charge is 0.0349 e. The lowest BCUT2D eigenvalue weighted by atomic mass is 10.1. The SMILES string of the molecule is [CH2]c1cccc2ccncc12. The summed E-state index contributed by atoms with van der Waals surface area (Å²) < 4.78 is 0. The first-order valence-electron chi connectivity index (χ1n) is 3.52. The van der Waals surface area contributed by atoms with Crippen molar-refractivity contribution in [2.75, 3.05) is 0 Å². The lowest BCUT2D eigenvalue weighted by Gasteiger charge is -1.98. The summed E-state index contributed by atoms with van der Waals surface area (Å²) in [4.78, 5) is 4.03. The Kier molecular flexibility index (Phi) is 1.35. The first-order chi connectivity index (χ1) is 5.38. The molecule has 1 nitrogen and oxygen atoms in total. The minimum atomic E-state index is 1.04. The van der Waals surface area contributed by atoms with Gasteiger partial charge in [-0.2, -0.15) is 0 Å². The molecule has 0 aliphatic rings. The summed E-state index contributed by atoms with van der Waals surface area (Å²) in [6, 6.07) is 8.05. The van der Waals surface area contributed by atoms with Gasteiger partial charge in [0.05, 0.1) is 0 Å². The monoisotopic (exact) mass is 142 g/mol. The lowest BCUT2D eigenvalue weighted by molar-refractivity contribution is 1.36. The Morgan fingerprint density at radius 3 is 2.91 bits per heavy atom. The normalized spacial score (nSPS) is 10.3. The third-order valence-electron chi connectivity index (χ3n) is 1.77. The highest BCUT2D eigenvalue weighted by atomic mass is 14.6. The van der Waals surface area contributed by atoms with Crippen LogP contribution in [0.15, 0.2) is 36.7 Å². The predicted octanol–water partition coefficient (Wildman–Crippen LogP) is 2.42. The topological polar surface area (TPSA) is 12.9 Å². The van der Waals surface area contributed by atoms with Crippen LogP contribution in [0.2, 0.25) is 0 Å². The fraction of sp³-hybridized carbons (Fsp3) is 0. The Morgan fingerprint density at radius 1 is 1.18 bits per heavy atom. The maximum Gasteiger partial charge on any atom is 0.0349 e. The molecule has 0 amide bonds. The van der Waals surface area contributed by atoms with Crippen LogP contribution in [0.4, 0.5) is 0 Å². The molecule has 1 aromatic heterocycles. The van der Waals surface area contributed by atoms with Gasteiger partial charge in [-0.15, -0.1) is 0 Å². The number of hydrogen-bond donors (Lipinski definition) is 0. The molecule has 0 aliphatic carbocycles. The first kappa shape index (κ1) is 6.35. The number of benzene rings is 1. The highest BCUT2D eigenvalue weighted by Gasteiger charge is 1.93. The van der Waals surface area contributed by atoms with Gasteiger partial charge < -0.3 is 0 Å². The van der Waals surface area contributed by atoms with Gasteiger partial charge in [0.1, 0.15) is 0 Å². The molecule has 1 heterocycles. The van der Waals surface area contributed by atoms with Crippen molar-refractivity contribution in [3.8, 4) is 0 Å². The minimum Gasteiger partial charge on any atom is -0.264 e. The number of fused-ring (bicyclic) bond motifs is 1. The van der Waals surface area contributed by atoms with Crippen LogP contribution in [0.25, 0.3) is 10.8 Å². The molecule has 2 rings (SSSR count). The third-order valence-corrected chi connectivity index (χ3v) is 1.77. The number of aromatic nitrogens is 1. The van der Waals surface area contributed by atoms with Crippen LogP contribution in [0, 0.1) is 6.92 Å². The number of nitrogens with zero attached hydrogens (tertiary/aromatic N) is 1. The zero-order chi connectivity index (χ0) is 7.68. The van der Waals surface area contributed by atoms with Gasteiger partial charge in [-0.25, -0.2) is 0 Å². The van der Waals surface area contributed by atoms with E-state index in [-0.39, 0.29) is 0 Å². The van der Waals surface area contributed by atoms with Gasteiger partial charge in [0.25, 0.3) is 0 Å². The van der Waals surface area contributed by atoms with Gasteiger partial charge >= 0.3 is 0 Å². The van der Waals surface area contributed by atoms with Crippen LogP contribution in [-0.2, 0) is 0 Å². The van der Waals surface area contributed by atoms with E-state index in [1.54, 1.807) is 6.20 Å². The van der Waals surface area contributed by atoms with Crippen molar-refractivity contribution in [1.82, 2.24) is 4.98 Å². The van der Waals surface area contributed by atoms with Crippen LogP contribution in [-0.4, -0.2) is 4.98 Å². The molecule has 1 radical (unpaired) electrons. The van der Waals surface area contributed by atoms with E-state index in [4.69, 9.17) is 0 Å². The summed E-state index contributed by atoms with van der Waals surface area (Å²) in [6.45, 7) is 3.91. The summed E-state index contributed by atoms with van der Waals surface area (Å²) in [6.07, 6.45) is 3.64. The van der Waals surface area contributed by atoms with E-state index in [0.29, 0.717) is 0 Å². The average Bonchev–Trinajstić information content (AvgIpc) is 2.06. The molecule has 1 aromatic carbocycles. The molecule has 0 unspecified atom stereocenters. The van der Waals surface area contributed by atoms with Gasteiger partial charge in [-0.05, 0) is 23.9 Å². The molecule has 0 spiro atoms. The molecule has 11 heavy (non-hydrogen) atoms. The van der Waals surface area contributed by atoms with Crippen LogP contribution in [0.5, 0.6) is 0 Å². The van der Waals surface area contributed by atoms with Gasteiger partial charge in [0.2, 0.25) is 0 Å². The highest BCUT2D eigenvalue weighted by molar-refractivity contribution is 5.85. The van der Waals surface area contributed by atoms with Gasteiger partial charge in [0.15, 0.2) is 0 Å². The van der Waals surface area contributed by atoms with E-state index in [1.165, 1.54) is 5.39 Å². The second-order valence-corrected chi connectivity index (χ2v) is 2.51. The summed E-state index contributed by atoms with van der Waals surface area (Å²) in [5.74, 6) is 0. The van der Waals surface area contributed by atoms with Crippen molar-refractivity contribution < 1.29 is 0 Å². The summed E-state index contributed by atoms with van der Waals surface area (Å²) in [5, 5.41) is 2.34. The van der Waals surface area contributed by atoms with E-state index in [9.17, 15) is 0 Å². The van der Waals surface area contributed by atoms with E-state index >= 15 is 0 Å². The Labute approximate surface area is 65.7 Å². The molecular weight excluding hydrogens is 134 g/mol. The molecular formula is C10H8N. The maximum absolute atomic E-state index is 4.03. The zero-order valence-electron chi connectivity index (χ0n) is 6.12. The fourth-order valence-corrected chi connectivity index (χ4v) is 1.18. The standard InChI is InChI=1S/C10H8N/c1-8-3-2-4-9-5-6-11-7-10(8)9/h2-7H,1H2. The summed E-state index contributed by atoms with van der Waals surface area (Å²) in [5.41, 5.74) is 1.04. The number of rotatable bonds is 0. The molecule has 1 heteroatoms. The van der Waals surface area contributed by atoms with Crippen molar-refractivity contribution in [3.63, 3.8) is 0 Å². The van der Waals surface area contributed by atoms with Gasteiger partial charge in [0, 0.05) is 17.8 Å². The number of hydrogen-bond acceptors (Lipinski definition) is 1. The minimum absolute atomic E-state index is 1.04. The highest BCUT2D eigenvalue weighted by Crippen LogP contribution is 2.15. The Balaban J connectivity index is 2.91. The molecule has 2 aromatic rings. The molecule has 0 bridgehead atoms.